The number of hydrogen-bond donors (Lipinski definition) is 0. The van der Waals surface area contributed by atoms with E-state index < -0.39 is 0 Å². The van der Waals surface area contributed by atoms with Crippen molar-refractivity contribution >= 4 is 43.1 Å². The van der Waals surface area contributed by atoms with Crippen molar-refractivity contribution in [3.05, 3.63) is 206 Å². The number of benzene rings is 10. The van der Waals surface area contributed by atoms with Gasteiger partial charge in [0.15, 0.2) is 0 Å². The van der Waals surface area contributed by atoms with Gasteiger partial charge in [-0.2, -0.15) is 0 Å². The molecule has 0 spiro atoms. The second kappa shape index (κ2) is 12.5. The summed E-state index contributed by atoms with van der Waals surface area (Å²) in [5, 5.41) is 10.1. The SMILES string of the molecule is c1ccc(-c2ccc(-c3ccc4c(-c5cccc6ccccc56)c5ccccc5c(-c5ccc(-c6ccc7ccccc7c6)cc5)c4c3)cc2)cc1. The Balaban J connectivity index is 1.20. The first-order chi connectivity index (χ1) is 25.8. The number of fused-ring (bicyclic) bond motifs is 4. The van der Waals surface area contributed by atoms with Crippen molar-refractivity contribution < 1.29 is 0 Å². The quantitative estimate of drug-likeness (QED) is 0.161. The molecule has 10 aromatic carbocycles. The minimum absolute atomic E-state index is 1.21. The van der Waals surface area contributed by atoms with Crippen molar-refractivity contribution in [2.24, 2.45) is 0 Å². The van der Waals surface area contributed by atoms with Gasteiger partial charge >= 0.3 is 0 Å². The molecule has 52 heavy (non-hydrogen) atoms. The first-order valence-electron chi connectivity index (χ1n) is 18.0. The van der Waals surface area contributed by atoms with E-state index in [2.05, 4.69) is 206 Å². The van der Waals surface area contributed by atoms with Gasteiger partial charge in [-0.25, -0.2) is 0 Å². The molecule has 0 heteroatoms. The van der Waals surface area contributed by atoms with E-state index in [9.17, 15) is 0 Å². The van der Waals surface area contributed by atoms with Crippen molar-refractivity contribution in [1.82, 2.24) is 0 Å². The van der Waals surface area contributed by atoms with Crippen molar-refractivity contribution in [3.63, 3.8) is 0 Å². The summed E-state index contributed by atoms with van der Waals surface area (Å²) in [4.78, 5) is 0. The zero-order valence-electron chi connectivity index (χ0n) is 28.6. The van der Waals surface area contributed by atoms with Crippen molar-refractivity contribution in [3.8, 4) is 55.6 Å². The normalized spacial score (nSPS) is 11.5. The first-order valence-corrected chi connectivity index (χ1v) is 18.0. The molecule has 0 aliphatic carbocycles. The molecule has 10 aromatic rings. The Labute approximate surface area is 303 Å². The molecule has 0 saturated carbocycles. The Hall–Kier alpha value is -6.76. The third-order valence-electron chi connectivity index (χ3n) is 10.7. The van der Waals surface area contributed by atoms with E-state index >= 15 is 0 Å². The molecule has 0 aliphatic rings. The highest BCUT2D eigenvalue weighted by Gasteiger charge is 2.19. The lowest BCUT2D eigenvalue weighted by molar-refractivity contribution is 1.60. The summed E-state index contributed by atoms with van der Waals surface area (Å²) in [6.07, 6.45) is 0. The molecule has 242 valence electrons. The van der Waals surface area contributed by atoms with E-state index in [1.165, 1.54) is 98.7 Å². The Morgan fingerprint density at radius 1 is 0.192 bits per heavy atom. The maximum absolute atomic E-state index is 2.42. The molecule has 0 heterocycles. The predicted octanol–water partition coefficient (Wildman–Crippen LogP) is 14.6. The van der Waals surface area contributed by atoms with E-state index in [0.29, 0.717) is 0 Å². The molecule has 0 fully saturated rings. The highest BCUT2D eigenvalue weighted by molar-refractivity contribution is 6.24. The Kier molecular flexibility index (Phi) is 7.25. The highest BCUT2D eigenvalue weighted by Crippen LogP contribution is 2.46. The Morgan fingerprint density at radius 2 is 0.654 bits per heavy atom. The van der Waals surface area contributed by atoms with E-state index in [4.69, 9.17) is 0 Å². The lowest BCUT2D eigenvalue weighted by atomic mass is 9.83. The van der Waals surface area contributed by atoms with Gasteiger partial charge in [0.05, 0.1) is 0 Å². The minimum Gasteiger partial charge on any atom is -0.0622 e. The van der Waals surface area contributed by atoms with Gasteiger partial charge in [-0.05, 0) is 111 Å². The Bertz CT molecular complexity index is 2910. The summed E-state index contributed by atoms with van der Waals surface area (Å²) in [6.45, 7) is 0. The van der Waals surface area contributed by atoms with Gasteiger partial charge in [0.2, 0.25) is 0 Å². The van der Waals surface area contributed by atoms with Crippen LogP contribution in [0.3, 0.4) is 0 Å². The molecule has 0 atom stereocenters. The average Bonchev–Trinajstić information content (AvgIpc) is 3.23. The molecule has 0 aliphatic heterocycles. The topological polar surface area (TPSA) is 0 Å². The lowest BCUT2D eigenvalue weighted by Crippen LogP contribution is -1.92. The summed E-state index contributed by atoms with van der Waals surface area (Å²) < 4.78 is 0. The monoisotopic (exact) mass is 658 g/mol. The molecular weight excluding hydrogens is 625 g/mol. The van der Waals surface area contributed by atoms with Crippen LogP contribution in [0.1, 0.15) is 0 Å². The van der Waals surface area contributed by atoms with Crippen LogP contribution in [-0.4, -0.2) is 0 Å². The van der Waals surface area contributed by atoms with Crippen LogP contribution in [0.5, 0.6) is 0 Å². The number of hydrogen-bond acceptors (Lipinski definition) is 0. The number of rotatable bonds is 5. The molecule has 10 rings (SSSR count). The summed E-state index contributed by atoms with van der Waals surface area (Å²) in [7, 11) is 0. The van der Waals surface area contributed by atoms with Gasteiger partial charge in [-0.3, -0.25) is 0 Å². The maximum Gasteiger partial charge on any atom is -0.00201 e. The molecule has 0 unspecified atom stereocenters. The minimum atomic E-state index is 1.21. The van der Waals surface area contributed by atoms with Gasteiger partial charge in [-0.15, -0.1) is 0 Å². The van der Waals surface area contributed by atoms with Gasteiger partial charge in [0.1, 0.15) is 0 Å². The van der Waals surface area contributed by atoms with E-state index in [0.717, 1.165) is 0 Å². The van der Waals surface area contributed by atoms with Crippen molar-refractivity contribution in [2.45, 2.75) is 0 Å². The van der Waals surface area contributed by atoms with Crippen LogP contribution in [0, 0.1) is 0 Å². The van der Waals surface area contributed by atoms with E-state index in [1.54, 1.807) is 0 Å². The molecule has 0 nitrogen and oxygen atoms in total. The lowest BCUT2D eigenvalue weighted by Gasteiger charge is -2.20. The van der Waals surface area contributed by atoms with Crippen molar-refractivity contribution in [2.75, 3.05) is 0 Å². The van der Waals surface area contributed by atoms with Gasteiger partial charge in [-0.1, -0.05) is 194 Å². The standard InChI is InChI=1S/C52H34/c1-2-11-35(12-3-1)37-21-23-39(24-22-37)44-31-32-49-50(34-44)51(41-28-25-38(26-29-41)43-30-27-36-13-4-5-15-42(36)33-43)47-18-8-9-19-48(47)52(49)46-20-10-16-40-14-6-7-17-45(40)46/h1-34H. The zero-order chi connectivity index (χ0) is 34.4. The predicted molar refractivity (Wildman–Crippen MR) is 224 cm³/mol. The molecule has 0 bridgehead atoms. The third-order valence-corrected chi connectivity index (χ3v) is 10.7. The van der Waals surface area contributed by atoms with Crippen LogP contribution in [0.4, 0.5) is 0 Å². The molecule has 0 saturated heterocycles. The Morgan fingerprint density at radius 3 is 1.38 bits per heavy atom. The second-order valence-corrected chi connectivity index (χ2v) is 13.7. The van der Waals surface area contributed by atoms with Crippen LogP contribution in [0.25, 0.3) is 98.7 Å². The van der Waals surface area contributed by atoms with Crippen LogP contribution >= 0.6 is 0 Å². The van der Waals surface area contributed by atoms with Gasteiger partial charge < -0.3 is 0 Å². The highest BCUT2D eigenvalue weighted by atomic mass is 14.2. The van der Waals surface area contributed by atoms with Gasteiger partial charge in [0.25, 0.3) is 0 Å². The zero-order valence-corrected chi connectivity index (χ0v) is 28.6. The van der Waals surface area contributed by atoms with Crippen molar-refractivity contribution in [1.29, 1.82) is 0 Å². The molecule has 0 N–H and O–H groups in total. The second-order valence-electron chi connectivity index (χ2n) is 13.7. The largest absolute Gasteiger partial charge is 0.0622 e. The molecule has 0 radical (unpaired) electrons. The third kappa shape index (κ3) is 5.16. The fourth-order valence-electron chi connectivity index (χ4n) is 8.09. The first kappa shape index (κ1) is 30.1. The van der Waals surface area contributed by atoms with E-state index in [-0.39, 0.29) is 0 Å². The smallest absolute Gasteiger partial charge is 0.00201 e. The fourth-order valence-corrected chi connectivity index (χ4v) is 8.09. The van der Waals surface area contributed by atoms with E-state index in [1.807, 2.05) is 0 Å². The van der Waals surface area contributed by atoms with Crippen LogP contribution in [0.15, 0.2) is 206 Å². The molecule has 0 aromatic heterocycles. The van der Waals surface area contributed by atoms with Crippen LogP contribution in [-0.2, 0) is 0 Å². The molecule has 0 amide bonds. The summed E-state index contributed by atoms with van der Waals surface area (Å²) in [5.74, 6) is 0. The van der Waals surface area contributed by atoms with Crippen LogP contribution in [0.2, 0.25) is 0 Å². The maximum atomic E-state index is 2.42. The summed E-state index contributed by atoms with van der Waals surface area (Å²) in [5.41, 5.74) is 12.3. The fraction of sp³-hybridized carbons (Fsp3) is 0. The van der Waals surface area contributed by atoms with Gasteiger partial charge in [0, 0.05) is 0 Å². The average molecular weight is 659 g/mol. The summed E-state index contributed by atoms with van der Waals surface area (Å²) >= 11 is 0. The summed E-state index contributed by atoms with van der Waals surface area (Å²) in [6, 6.07) is 75.6. The van der Waals surface area contributed by atoms with Crippen LogP contribution < -0.4 is 0 Å². The molecular formula is C52H34.